The van der Waals surface area contributed by atoms with Gasteiger partial charge in [-0.15, -0.1) is 0 Å². The van der Waals surface area contributed by atoms with Crippen molar-refractivity contribution in [3.63, 3.8) is 0 Å². The molecule has 1 fully saturated rings. The topological polar surface area (TPSA) is 90.8 Å². The van der Waals surface area contributed by atoms with Crippen LogP contribution in [0.4, 0.5) is 19.1 Å². The van der Waals surface area contributed by atoms with Crippen molar-refractivity contribution in [1.82, 2.24) is 25.4 Å². The molecule has 21 heavy (non-hydrogen) atoms. The molecule has 1 saturated heterocycles. The van der Waals surface area contributed by atoms with Gasteiger partial charge in [-0.2, -0.15) is 28.6 Å². The van der Waals surface area contributed by atoms with Crippen LogP contribution in [-0.2, 0) is 11.8 Å². The van der Waals surface area contributed by atoms with Crippen molar-refractivity contribution >= 4 is 5.95 Å². The van der Waals surface area contributed by atoms with Crippen LogP contribution in [0.1, 0.15) is 17.8 Å². The van der Waals surface area contributed by atoms with Gasteiger partial charge in [-0.3, -0.25) is 0 Å². The van der Waals surface area contributed by atoms with Crippen LogP contribution in [0.3, 0.4) is 0 Å². The van der Waals surface area contributed by atoms with E-state index in [9.17, 15) is 18.3 Å². The van der Waals surface area contributed by atoms with Crippen molar-refractivity contribution in [3.8, 4) is 0 Å². The van der Waals surface area contributed by atoms with Crippen molar-refractivity contribution in [3.05, 3.63) is 29.8 Å². The van der Waals surface area contributed by atoms with Crippen LogP contribution in [0.25, 0.3) is 0 Å². The van der Waals surface area contributed by atoms with E-state index in [4.69, 9.17) is 0 Å². The van der Waals surface area contributed by atoms with Crippen LogP contribution in [0.2, 0.25) is 0 Å². The second-order valence-corrected chi connectivity index (χ2v) is 4.80. The largest absolute Gasteiger partial charge is 0.433 e. The fourth-order valence-corrected chi connectivity index (χ4v) is 2.26. The maximum atomic E-state index is 12.6. The number of hydrogen-bond acceptors (Lipinski definition) is 6. The Morgan fingerprint density at radius 3 is 2.86 bits per heavy atom. The van der Waals surface area contributed by atoms with Gasteiger partial charge in [0.25, 0.3) is 0 Å². The van der Waals surface area contributed by atoms with Gasteiger partial charge in [0.1, 0.15) is 17.0 Å². The Hall–Kier alpha value is -2.23. The quantitative estimate of drug-likeness (QED) is 0.849. The average Bonchev–Trinajstić information content (AvgIpc) is 3.08. The van der Waals surface area contributed by atoms with Crippen LogP contribution in [-0.4, -0.2) is 43.6 Å². The van der Waals surface area contributed by atoms with E-state index in [1.165, 1.54) is 11.1 Å². The van der Waals surface area contributed by atoms with Gasteiger partial charge in [0.15, 0.2) is 0 Å². The highest BCUT2D eigenvalue weighted by Gasteiger charge is 2.41. The Kier molecular flexibility index (Phi) is 3.04. The smallest absolute Gasteiger partial charge is 0.381 e. The minimum atomic E-state index is -4.53. The maximum Gasteiger partial charge on any atom is 0.433 e. The molecular weight excluding hydrogens is 289 g/mol. The number of hydrogen-bond donors (Lipinski definition) is 2. The molecule has 2 N–H and O–H groups in total. The lowest BCUT2D eigenvalue weighted by atomic mass is 10.0. The molecule has 112 valence electrons. The second kappa shape index (κ2) is 4.65. The molecule has 0 saturated carbocycles. The first-order valence-electron chi connectivity index (χ1n) is 6.12. The molecule has 2 aromatic rings. The van der Waals surface area contributed by atoms with Gasteiger partial charge in [0.05, 0.1) is 12.7 Å². The summed E-state index contributed by atoms with van der Waals surface area (Å²) in [7, 11) is 0. The van der Waals surface area contributed by atoms with Crippen molar-refractivity contribution in [2.45, 2.75) is 18.2 Å². The van der Waals surface area contributed by atoms with Gasteiger partial charge < -0.3 is 10.0 Å². The van der Waals surface area contributed by atoms with Crippen LogP contribution < -0.4 is 4.90 Å². The Morgan fingerprint density at radius 1 is 1.38 bits per heavy atom. The van der Waals surface area contributed by atoms with Gasteiger partial charge in [-0.25, -0.2) is 9.97 Å². The maximum absolute atomic E-state index is 12.6. The monoisotopic (exact) mass is 300 g/mol. The number of nitrogens with one attached hydrogen (secondary N) is 1. The lowest BCUT2D eigenvalue weighted by Crippen LogP contribution is -2.32. The van der Waals surface area contributed by atoms with Crippen LogP contribution in [0, 0.1) is 0 Å². The molecule has 3 rings (SSSR count). The zero-order chi connectivity index (χ0) is 15.1. The fourth-order valence-electron chi connectivity index (χ4n) is 2.26. The zero-order valence-corrected chi connectivity index (χ0v) is 10.7. The molecule has 3 heterocycles. The van der Waals surface area contributed by atoms with E-state index in [1.807, 2.05) is 0 Å². The molecule has 2 aromatic heterocycles. The average molecular weight is 300 g/mol. The normalized spacial score (nSPS) is 22.8. The number of aliphatic hydroxyl groups is 1. The molecule has 1 unspecified atom stereocenters. The SMILES string of the molecule is OC1(c2cn[nH]n2)CCN(c2nccc(C(F)(F)F)n2)C1. The van der Waals surface area contributed by atoms with Crippen LogP contribution in [0.5, 0.6) is 0 Å². The molecule has 0 amide bonds. The number of β-amino-alcohol motifs (C(OH)–C–C–N with tert-alkyl or cyclic N) is 1. The van der Waals surface area contributed by atoms with Gasteiger partial charge in [0.2, 0.25) is 5.95 Å². The first-order valence-corrected chi connectivity index (χ1v) is 6.12. The van der Waals surface area contributed by atoms with Gasteiger partial charge in [-0.05, 0) is 6.07 Å². The third-order valence-electron chi connectivity index (χ3n) is 3.36. The minimum absolute atomic E-state index is 0.0564. The molecule has 10 heteroatoms. The molecule has 0 bridgehead atoms. The Balaban J connectivity index is 1.84. The van der Waals surface area contributed by atoms with E-state index >= 15 is 0 Å². The standard InChI is InChI=1S/C11H11F3N6O/c12-11(13,14)7-1-3-15-9(17-7)20-4-2-10(21,6-20)8-5-16-19-18-8/h1,3,5,21H,2,4,6H2,(H,16,18,19). The molecule has 1 aliphatic rings. The lowest BCUT2D eigenvalue weighted by Gasteiger charge is -2.21. The highest BCUT2D eigenvalue weighted by atomic mass is 19.4. The summed E-state index contributed by atoms with van der Waals surface area (Å²) in [5, 5.41) is 20.3. The summed E-state index contributed by atoms with van der Waals surface area (Å²) < 4.78 is 37.9. The molecule has 0 aromatic carbocycles. The Bertz CT molecular complexity index is 631. The Morgan fingerprint density at radius 2 is 2.19 bits per heavy atom. The number of aromatic nitrogens is 5. The molecule has 0 aliphatic carbocycles. The zero-order valence-electron chi connectivity index (χ0n) is 10.7. The summed E-state index contributed by atoms with van der Waals surface area (Å²) in [6.07, 6.45) is -1.78. The minimum Gasteiger partial charge on any atom is -0.381 e. The lowest BCUT2D eigenvalue weighted by molar-refractivity contribution is -0.141. The molecule has 0 spiro atoms. The highest BCUT2D eigenvalue weighted by Crippen LogP contribution is 2.33. The summed E-state index contributed by atoms with van der Waals surface area (Å²) in [6.45, 7) is 0.380. The van der Waals surface area contributed by atoms with Crippen LogP contribution in [0.15, 0.2) is 18.5 Å². The fraction of sp³-hybridized carbons (Fsp3) is 0.455. The summed E-state index contributed by atoms with van der Waals surface area (Å²) in [5.74, 6) is -0.0655. The third kappa shape index (κ3) is 2.53. The molecule has 7 nitrogen and oxygen atoms in total. The van der Waals surface area contributed by atoms with E-state index in [2.05, 4.69) is 25.4 Å². The van der Waals surface area contributed by atoms with Gasteiger partial charge in [0, 0.05) is 19.2 Å². The molecule has 1 aliphatic heterocycles. The first-order chi connectivity index (χ1) is 9.88. The predicted molar refractivity (Wildman–Crippen MR) is 64.1 cm³/mol. The first kappa shape index (κ1) is 13.7. The highest BCUT2D eigenvalue weighted by molar-refractivity contribution is 5.35. The predicted octanol–water partition coefficient (Wildman–Crippen LogP) is 0.711. The van der Waals surface area contributed by atoms with Crippen molar-refractivity contribution in [2.24, 2.45) is 0 Å². The summed E-state index contributed by atoms with van der Waals surface area (Å²) in [6, 6.07) is 0.809. The molecular formula is C11H11F3N6O. The van der Waals surface area contributed by atoms with Crippen molar-refractivity contribution in [1.29, 1.82) is 0 Å². The number of aromatic amines is 1. The summed E-state index contributed by atoms with van der Waals surface area (Å²) >= 11 is 0. The van der Waals surface area contributed by atoms with Crippen molar-refractivity contribution < 1.29 is 18.3 Å². The number of halogens is 3. The molecule has 1 atom stereocenters. The number of H-pyrrole nitrogens is 1. The van der Waals surface area contributed by atoms with E-state index < -0.39 is 17.5 Å². The summed E-state index contributed by atoms with van der Waals surface area (Å²) in [5.41, 5.74) is -1.94. The van der Waals surface area contributed by atoms with E-state index in [0.717, 1.165) is 12.3 Å². The van der Waals surface area contributed by atoms with Crippen LogP contribution >= 0.6 is 0 Å². The third-order valence-corrected chi connectivity index (χ3v) is 3.36. The Labute approximate surface area is 116 Å². The van der Waals surface area contributed by atoms with E-state index in [-0.39, 0.29) is 12.5 Å². The van der Waals surface area contributed by atoms with Gasteiger partial charge in [-0.1, -0.05) is 0 Å². The number of nitrogens with zero attached hydrogens (tertiary/aromatic N) is 5. The van der Waals surface area contributed by atoms with Crippen molar-refractivity contribution in [2.75, 3.05) is 18.0 Å². The number of rotatable bonds is 2. The number of anilines is 1. The number of alkyl halides is 3. The summed E-state index contributed by atoms with van der Waals surface area (Å²) in [4.78, 5) is 8.84. The molecule has 0 radical (unpaired) electrons. The van der Waals surface area contributed by atoms with E-state index in [1.54, 1.807) is 0 Å². The van der Waals surface area contributed by atoms with E-state index in [0.29, 0.717) is 18.7 Å². The van der Waals surface area contributed by atoms with Gasteiger partial charge >= 0.3 is 6.18 Å². The second-order valence-electron chi connectivity index (χ2n) is 4.80.